The second-order valence-electron chi connectivity index (χ2n) is 4.18. The van der Waals surface area contributed by atoms with Gasteiger partial charge in [0.15, 0.2) is 7.11 Å². The van der Waals surface area contributed by atoms with Crippen molar-refractivity contribution in [3.05, 3.63) is 29.2 Å². The van der Waals surface area contributed by atoms with Crippen LogP contribution in [0.3, 0.4) is 0 Å². The molecule has 1 aromatic rings. The summed E-state index contributed by atoms with van der Waals surface area (Å²) in [4.78, 5) is 20.5. The summed E-state index contributed by atoms with van der Waals surface area (Å²) >= 11 is 0. The first kappa shape index (κ1) is 13.4. The fourth-order valence-electron chi connectivity index (χ4n) is 1.41. The summed E-state index contributed by atoms with van der Waals surface area (Å²) in [6.45, 7) is 1.93. The second-order valence-corrected chi connectivity index (χ2v) is 4.18. The van der Waals surface area contributed by atoms with Crippen LogP contribution < -0.4 is 4.90 Å². The molecule has 17 heavy (non-hydrogen) atoms. The van der Waals surface area contributed by atoms with E-state index in [0.717, 1.165) is 18.8 Å². The van der Waals surface area contributed by atoms with Crippen LogP contribution >= 0.6 is 0 Å². The number of likely N-dealkylation sites (N-methyl/N-ethyl adjacent to an activating group) is 2. The largest absolute Gasteiger partial charge is 0.373 e. The molecule has 1 aromatic carbocycles. The number of anilines is 1. The Hall–Kier alpha value is -1.62. The molecule has 0 bridgehead atoms. The summed E-state index contributed by atoms with van der Waals surface area (Å²) in [6, 6.07) is 7.32. The minimum absolute atomic E-state index is 0.490. The van der Waals surface area contributed by atoms with Crippen molar-refractivity contribution in [2.45, 2.75) is 0 Å². The Morgan fingerprint density at radius 2 is 1.71 bits per heavy atom. The van der Waals surface area contributed by atoms with Crippen LogP contribution in [0.15, 0.2) is 24.3 Å². The van der Waals surface area contributed by atoms with E-state index in [1.165, 1.54) is 7.11 Å². The van der Waals surface area contributed by atoms with E-state index in [1.807, 2.05) is 33.3 Å². The Kier molecular flexibility index (Phi) is 4.90. The summed E-state index contributed by atoms with van der Waals surface area (Å²) in [5.41, 5.74) is 1.58. The number of hydrogen-bond donors (Lipinski definition) is 0. The van der Waals surface area contributed by atoms with Crippen molar-refractivity contribution < 1.29 is 9.76 Å². The third-order valence-corrected chi connectivity index (χ3v) is 2.55. The molecule has 0 amide bonds. The molecule has 0 atom stereocenters. The van der Waals surface area contributed by atoms with Gasteiger partial charge < -0.3 is 9.80 Å². The minimum Gasteiger partial charge on any atom is -0.373 e. The van der Waals surface area contributed by atoms with E-state index in [4.69, 9.17) is 0 Å². The fraction of sp³-hybridized carbons (Fsp3) is 0.500. The van der Waals surface area contributed by atoms with Crippen LogP contribution in [0.25, 0.3) is 0 Å². The van der Waals surface area contributed by atoms with E-state index >= 15 is 0 Å². The summed E-state index contributed by atoms with van der Waals surface area (Å²) in [7, 11) is 7.48. The predicted molar refractivity (Wildman–Crippen MR) is 68.6 cm³/mol. The van der Waals surface area contributed by atoms with E-state index in [0.29, 0.717) is 10.6 Å². The zero-order valence-electron chi connectivity index (χ0n) is 10.9. The zero-order chi connectivity index (χ0) is 12.8. The molecule has 0 saturated carbocycles. The van der Waals surface area contributed by atoms with Gasteiger partial charge in [-0.2, -0.15) is 0 Å². The van der Waals surface area contributed by atoms with Crippen LogP contribution in [-0.2, 0) is 4.84 Å². The Morgan fingerprint density at radius 3 is 2.18 bits per heavy atom. The molecular weight excluding hydrogens is 218 g/mol. The minimum atomic E-state index is 0.490. The van der Waals surface area contributed by atoms with Gasteiger partial charge >= 0.3 is 5.69 Å². The molecule has 0 unspecified atom stereocenters. The van der Waals surface area contributed by atoms with E-state index < -0.39 is 0 Å². The van der Waals surface area contributed by atoms with Gasteiger partial charge in [0.1, 0.15) is 0 Å². The van der Waals surface area contributed by atoms with Gasteiger partial charge in [-0.15, -0.1) is 0 Å². The smallest absolute Gasteiger partial charge is 0.316 e. The maximum Gasteiger partial charge on any atom is 0.316 e. The molecule has 5 nitrogen and oxygen atoms in total. The van der Waals surface area contributed by atoms with Gasteiger partial charge in [0.25, 0.3) is 4.92 Å². The summed E-state index contributed by atoms with van der Waals surface area (Å²) in [6.07, 6.45) is 0. The van der Waals surface area contributed by atoms with E-state index in [-0.39, 0.29) is 0 Å². The summed E-state index contributed by atoms with van der Waals surface area (Å²) in [5, 5.41) is 0. The van der Waals surface area contributed by atoms with Gasteiger partial charge in [-0.25, -0.2) is 4.84 Å². The van der Waals surface area contributed by atoms with Crippen LogP contribution in [0.1, 0.15) is 0 Å². The number of rotatable bonds is 6. The van der Waals surface area contributed by atoms with Crippen molar-refractivity contribution in [2.24, 2.45) is 0 Å². The Labute approximate surface area is 102 Å². The molecule has 0 heterocycles. The molecule has 0 spiro atoms. The fourth-order valence-corrected chi connectivity index (χ4v) is 1.41. The lowest BCUT2D eigenvalue weighted by molar-refractivity contribution is -0.736. The predicted octanol–water partition coefficient (Wildman–Crippen LogP) is 1.66. The van der Waals surface area contributed by atoms with Gasteiger partial charge in [0.05, 0.1) is 4.91 Å². The first-order valence-corrected chi connectivity index (χ1v) is 5.52. The number of nitrogens with zero attached hydrogens (tertiary/aromatic N) is 3. The van der Waals surface area contributed by atoms with Crippen molar-refractivity contribution in [1.82, 2.24) is 4.90 Å². The molecule has 1 rings (SSSR count). The van der Waals surface area contributed by atoms with Gasteiger partial charge in [-0.1, -0.05) is 0 Å². The lowest BCUT2D eigenvalue weighted by atomic mass is 10.2. The average Bonchev–Trinajstić information content (AvgIpc) is 2.35. The first-order chi connectivity index (χ1) is 8.04. The second kappa shape index (κ2) is 6.20. The quantitative estimate of drug-likeness (QED) is 0.706. The van der Waals surface area contributed by atoms with Gasteiger partial charge in [-0.3, -0.25) is 0 Å². The SMILES string of the molecule is CO[N+](=O)c1ccc(N(C)CCN(C)C)cc1. The number of hydrogen-bond acceptors (Lipinski definition) is 4. The highest BCUT2D eigenvalue weighted by atomic mass is 16.8. The maximum absolute atomic E-state index is 11.2. The first-order valence-electron chi connectivity index (χ1n) is 5.52. The van der Waals surface area contributed by atoms with Gasteiger partial charge in [0, 0.05) is 38.0 Å². The van der Waals surface area contributed by atoms with Crippen LogP contribution in [0.2, 0.25) is 0 Å². The molecule has 0 aromatic heterocycles. The van der Waals surface area contributed by atoms with Crippen molar-refractivity contribution >= 4 is 11.4 Å². The topological polar surface area (TPSA) is 35.8 Å². The zero-order valence-corrected chi connectivity index (χ0v) is 10.9. The molecule has 0 radical (unpaired) electrons. The van der Waals surface area contributed by atoms with E-state index in [9.17, 15) is 4.91 Å². The van der Waals surface area contributed by atoms with Gasteiger partial charge in [0.2, 0.25) is 0 Å². The molecular formula is C12H20N3O2+. The highest BCUT2D eigenvalue weighted by molar-refractivity contribution is 5.50. The van der Waals surface area contributed by atoms with Crippen molar-refractivity contribution in [3.63, 3.8) is 0 Å². The third-order valence-electron chi connectivity index (χ3n) is 2.55. The third kappa shape index (κ3) is 4.03. The molecule has 0 saturated heterocycles. The molecule has 0 aliphatic heterocycles. The van der Waals surface area contributed by atoms with Crippen LogP contribution in [0.4, 0.5) is 11.4 Å². The molecule has 5 heteroatoms. The molecule has 0 aliphatic carbocycles. The van der Waals surface area contributed by atoms with Crippen molar-refractivity contribution in [1.29, 1.82) is 0 Å². The lowest BCUT2D eigenvalue weighted by Gasteiger charge is -2.21. The standard InChI is InChI=1S/C12H20N3O2/c1-13(2)9-10-14(3)11-5-7-12(8-6-11)15(16)17-4/h5-8H,9-10H2,1-4H3/q+1. The van der Waals surface area contributed by atoms with Crippen molar-refractivity contribution in [3.8, 4) is 0 Å². The average molecular weight is 238 g/mol. The Bertz CT molecular complexity index is 363. The van der Waals surface area contributed by atoms with Crippen LogP contribution in [0, 0.1) is 4.91 Å². The van der Waals surface area contributed by atoms with Crippen molar-refractivity contribution in [2.75, 3.05) is 46.2 Å². The summed E-state index contributed by atoms with van der Waals surface area (Å²) < 4.78 is 0. The highest BCUT2D eigenvalue weighted by Crippen LogP contribution is 2.18. The molecule has 0 fully saturated rings. The van der Waals surface area contributed by atoms with Gasteiger partial charge in [-0.05, 0) is 26.2 Å². The Morgan fingerprint density at radius 1 is 1.12 bits per heavy atom. The molecule has 0 aliphatic rings. The molecule has 94 valence electrons. The van der Waals surface area contributed by atoms with Crippen LogP contribution in [-0.4, -0.2) is 51.2 Å². The lowest BCUT2D eigenvalue weighted by Crippen LogP contribution is -2.28. The van der Waals surface area contributed by atoms with E-state index in [2.05, 4.69) is 14.6 Å². The molecule has 0 N–H and O–H groups in total. The highest BCUT2D eigenvalue weighted by Gasteiger charge is 2.13. The normalized spacial score (nSPS) is 10.4. The summed E-state index contributed by atoms with van der Waals surface area (Å²) in [5.74, 6) is 0. The maximum atomic E-state index is 11.2. The number of benzene rings is 1. The van der Waals surface area contributed by atoms with Crippen LogP contribution in [0.5, 0.6) is 0 Å². The van der Waals surface area contributed by atoms with E-state index in [1.54, 1.807) is 12.1 Å². The monoisotopic (exact) mass is 238 g/mol. The Balaban J connectivity index is 2.63.